The van der Waals surface area contributed by atoms with E-state index in [1.807, 2.05) is 60.7 Å². The second-order valence-corrected chi connectivity index (χ2v) is 9.18. The molecule has 0 aromatic heterocycles. The van der Waals surface area contributed by atoms with Gasteiger partial charge in [-0.1, -0.05) is 72.8 Å². The van der Waals surface area contributed by atoms with E-state index in [1.165, 1.54) is 25.1 Å². The van der Waals surface area contributed by atoms with Gasteiger partial charge in [-0.3, -0.25) is 9.59 Å². The standard InChI is InChI=1S/C25H26N2O4S/c1-19(28)22-13-8-14-23(17-22)32(30,31)27-16-15-25(29)26-18-24(20-9-4-2-5-10-20)21-11-6-3-7-12-21/h2-14,17,24,27H,15-16,18H2,1H3,(H,26,29). The number of sulfonamides is 1. The maximum atomic E-state index is 12.5. The van der Waals surface area contributed by atoms with Gasteiger partial charge in [-0.15, -0.1) is 0 Å². The van der Waals surface area contributed by atoms with E-state index in [0.717, 1.165) is 11.1 Å². The van der Waals surface area contributed by atoms with Crippen molar-refractivity contribution in [3.8, 4) is 0 Å². The highest BCUT2D eigenvalue weighted by Crippen LogP contribution is 2.23. The molecule has 0 spiro atoms. The Morgan fingerprint density at radius 2 is 1.44 bits per heavy atom. The van der Waals surface area contributed by atoms with Crippen molar-refractivity contribution in [2.75, 3.05) is 13.1 Å². The Labute approximate surface area is 188 Å². The van der Waals surface area contributed by atoms with Crippen LogP contribution in [0.2, 0.25) is 0 Å². The lowest BCUT2D eigenvalue weighted by atomic mass is 9.91. The monoisotopic (exact) mass is 450 g/mol. The van der Waals surface area contributed by atoms with Crippen LogP contribution in [-0.2, 0) is 14.8 Å². The normalized spacial score (nSPS) is 11.3. The van der Waals surface area contributed by atoms with Gasteiger partial charge in [0.25, 0.3) is 0 Å². The average molecular weight is 451 g/mol. The van der Waals surface area contributed by atoms with Gasteiger partial charge in [0.1, 0.15) is 0 Å². The van der Waals surface area contributed by atoms with Crippen LogP contribution in [0.25, 0.3) is 0 Å². The summed E-state index contributed by atoms with van der Waals surface area (Å²) < 4.78 is 27.4. The molecule has 166 valence electrons. The Morgan fingerprint density at radius 3 is 2.00 bits per heavy atom. The Kier molecular flexibility index (Phi) is 7.92. The van der Waals surface area contributed by atoms with Crippen molar-refractivity contribution >= 4 is 21.7 Å². The highest BCUT2D eigenvalue weighted by molar-refractivity contribution is 7.89. The largest absolute Gasteiger partial charge is 0.355 e. The highest BCUT2D eigenvalue weighted by atomic mass is 32.2. The van der Waals surface area contributed by atoms with E-state index in [-0.39, 0.29) is 35.5 Å². The predicted molar refractivity (Wildman–Crippen MR) is 124 cm³/mol. The van der Waals surface area contributed by atoms with Crippen molar-refractivity contribution in [2.45, 2.75) is 24.2 Å². The van der Waals surface area contributed by atoms with Gasteiger partial charge in [-0.25, -0.2) is 13.1 Å². The Balaban J connectivity index is 1.57. The Morgan fingerprint density at radius 1 is 0.844 bits per heavy atom. The van der Waals surface area contributed by atoms with Crippen LogP contribution in [0.3, 0.4) is 0 Å². The lowest BCUT2D eigenvalue weighted by molar-refractivity contribution is -0.120. The molecule has 6 nitrogen and oxygen atoms in total. The lowest BCUT2D eigenvalue weighted by Gasteiger charge is -2.19. The molecule has 0 aliphatic carbocycles. The summed E-state index contributed by atoms with van der Waals surface area (Å²) in [6.07, 6.45) is 0.00191. The summed E-state index contributed by atoms with van der Waals surface area (Å²) in [4.78, 5) is 23.9. The number of hydrogen-bond acceptors (Lipinski definition) is 4. The van der Waals surface area contributed by atoms with Crippen molar-refractivity contribution in [1.29, 1.82) is 0 Å². The fourth-order valence-electron chi connectivity index (χ4n) is 3.37. The van der Waals surface area contributed by atoms with Gasteiger partial charge in [0.2, 0.25) is 15.9 Å². The van der Waals surface area contributed by atoms with E-state index < -0.39 is 10.0 Å². The maximum absolute atomic E-state index is 12.5. The van der Waals surface area contributed by atoms with E-state index in [2.05, 4.69) is 10.0 Å². The van der Waals surface area contributed by atoms with Gasteiger partial charge < -0.3 is 5.32 Å². The predicted octanol–water partition coefficient (Wildman–Crippen LogP) is 3.51. The quantitative estimate of drug-likeness (QED) is 0.463. The topological polar surface area (TPSA) is 92.3 Å². The molecular weight excluding hydrogens is 424 g/mol. The van der Waals surface area contributed by atoms with E-state index in [9.17, 15) is 18.0 Å². The molecule has 3 aromatic rings. The second kappa shape index (κ2) is 10.8. The zero-order chi connectivity index (χ0) is 23.0. The maximum Gasteiger partial charge on any atom is 0.240 e. The average Bonchev–Trinajstić information content (AvgIpc) is 2.80. The van der Waals surface area contributed by atoms with Crippen LogP contribution in [0.5, 0.6) is 0 Å². The number of hydrogen-bond donors (Lipinski definition) is 2. The number of carbonyl (C=O) groups excluding carboxylic acids is 2. The van der Waals surface area contributed by atoms with Crippen LogP contribution in [0.4, 0.5) is 0 Å². The van der Waals surface area contributed by atoms with Crippen molar-refractivity contribution in [1.82, 2.24) is 10.0 Å². The molecule has 0 heterocycles. The molecule has 0 unspecified atom stereocenters. The van der Waals surface area contributed by atoms with Crippen LogP contribution >= 0.6 is 0 Å². The summed E-state index contributed by atoms with van der Waals surface area (Å²) in [6.45, 7) is 1.74. The third-order valence-electron chi connectivity index (χ3n) is 5.10. The molecular formula is C25H26N2O4S. The lowest BCUT2D eigenvalue weighted by Crippen LogP contribution is -2.33. The van der Waals surface area contributed by atoms with Crippen molar-refractivity contribution in [3.05, 3.63) is 102 Å². The summed E-state index contributed by atoms with van der Waals surface area (Å²) in [5.41, 5.74) is 2.49. The number of ketones is 1. The third kappa shape index (κ3) is 6.35. The van der Waals surface area contributed by atoms with Crippen molar-refractivity contribution in [3.63, 3.8) is 0 Å². The molecule has 3 rings (SSSR count). The first-order valence-electron chi connectivity index (χ1n) is 10.3. The van der Waals surface area contributed by atoms with Gasteiger partial charge in [0, 0.05) is 31.0 Å². The number of carbonyl (C=O) groups is 2. The van der Waals surface area contributed by atoms with Gasteiger partial charge in [0.15, 0.2) is 5.78 Å². The molecule has 0 aliphatic rings. The van der Waals surface area contributed by atoms with Crippen LogP contribution in [0, 0.1) is 0 Å². The number of benzene rings is 3. The molecule has 0 atom stereocenters. The molecule has 0 bridgehead atoms. The zero-order valence-electron chi connectivity index (χ0n) is 17.8. The van der Waals surface area contributed by atoms with E-state index in [4.69, 9.17) is 0 Å². The molecule has 2 N–H and O–H groups in total. The fraction of sp³-hybridized carbons (Fsp3) is 0.200. The number of amides is 1. The number of Topliss-reactive ketones (excluding diaryl/α,β-unsaturated/α-hetero) is 1. The first-order chi connectivity index (χ1) is 15.4. The summed E-state index contributed by atoms with van der Waals surface area (Å²) >= 11 is 0. The van der Waals surface area contributed by atoms with Crippen LogP contribution in [0.15, 0.2) is 89.8 Å². The van der Waals surface area contributed by atoms with E-state index in [1.54, 1.807) is 6.07 Å². The molecule has 1 amide bonds. The molecule has 0 aliphatic heterocycles. The summed E-state index contributed by atoms with van der Waals surface area (Å²) in [6, 6.07) is 25.6. The van der Waals surface area contributed by atoms with Crippen LogP contribution in [-0.4, -0.2) is 33.2 Å². The van der Waals surface area contributed by atoms with Gasteiger partial charge >= 0.3 is 0 Å². The molecule has 0 fully saturated rings. The zero-order valence-corrected chi connectivity index (χ0v) is 18.6. The first kappa shape index (κ1) is 23.4. The third-order valence-corrected chi connectivity index (χ3v) is 6.56. The van der Waals surface area contributed by atoms with E-state index in [0.29, 0.717) is 12.1 Å². The van der Waals surface area contributed by atoms with Crippen molar-refractivity contribution < 1.29 is 18.0 Å². The minimum absolute atomic E-state index is 0.00109. The SMILES string of the molecule is CC(=O)c1cccc(S(=O)(=O)NCCC(=O)NCC(c2ccccc2)c2ccccc2)c1. The van der Waals surface area contributed by atoms with Gasteiger partial charge in [-0.05, 0) is 30.2 Å². The molecule has 0 saturated carbocycles. The summed E-state index contributed by atoms with van der Waals surface area (Å²) in [5, 5.41) is 2.91. The Bertz CT molecular complexity index is 1120. The number of rotatable bonds is 10. The molecule has 3 aromatic carbocycles. The summed E-state index contributed by atoms with van der Waals surface area (Å²) in [7, 11) is -3.81. The fourth-order valence-corrected chi connectivity index (χ4v) is 4.44. The van der Waals surface area contributed by atoms with E-state index >= 15 is 0 Å². The Hall–Kier alpha value is -3.29. The second-order valence-electron chi connectivity index (χ2n) is 7.41. The summed E-state index contributed by atoms with van der Waals surface area (Å²) in [5.74, 6) is -0.470. The molecule has 7 heteroatoms. The van der Waals surface area contributed by atoms with Crippen LogP contribution < -0.4 is 10.0 Å². The molecule has 0 radical (unpaired) electrons. The minimum atomic E-state index is -3.81. The van der Waals surface area contributed by atoms with Gasteiger partial charge in [-0.2, -0.15) is 0 Å². The minimum Gasteiger partial charge on any atom is -0.355 e. The van der Waals surface area contributed by atoms with Crippen LogP contribution in [0.1, 0.15) is 40.7 Å². The van der Waals surface area contributed by atoms with Gasteiger partial charge in [0.05, 0.1) is 4.90 Å². The van der Waals surface area contributed by atoms with Crippen molar-refractivity contribution in [2.24, 2.45) is 0 Å². The highest BCUT2D eigenvalue weighted by Gasteiger charge is 2.17. The first-order valence-corrected chi connectivity index (χ1v) is 11.8. The molecule has 32 heavy (non-hydrogen) atoms. The molecule has 0 saturated heterocycles. The number of nitrogens with one attached hydrogen (secondary N) is 2. The smallest absolute Gasteiger partial charge is 0.240 e.